The van der Waals surface area contributed by atoms with Crippen LogP contribution in [0.4, 0.5) is 0 Å². The van der Waals surface area contributed by atoms with Crippen molar-refractivity contribution in [3.63, 3.8) is 0 Å². The van der Waals surface area contributed by atoms with Crippen molar-refractivity contribution in [3.05, 3.63) is 11.6 Å². The van der Waals surface area contributed by atoms with Gasteiger partial charge < -0.3 is 4.52 Å². The van der Waals surface area contributed by atoms with E-state index in [9.17, 15) is 4.57 Å². The molecule has 0 aliphatic carbocycles. The quantitative estimate of drug-likeness (QED) is 0.388. The van der Waals surface area contributed by atoms with Gasteiger partial charge in [0.15, 0.2) is 0 Å². The Morgan fingerprint density at radius 3 is 2.85 bits per heavy atom. The molecule has 1 heterocycles. The van der Waals surface area contributed by atoms with E-state index in [1.807, 2.05) is 13.0 Å². The Morgan fingerprint density at radius 1 is 1.54 bits per heavy atom. The zero-order chi connectivity index (χ0) is 9.73. The van der Waals surface area contributed by atoms with E-state index in [0.29, 0.717) is 18.9 Å². The van der Waals surface area contributed by atoms with E-state index < -0.39 is 7.37 Å². The number of hydrogen-bond acceptors (Lipinski definition) is 2. The molecule has 1 aliphatic rings. The molecule has 1 unspecified atom stereocenters. The first-order chi connectivity index (χ1) is 6.16. The van der Waals surface area contributed by atoms with Crippen molar-refractivity contribution in [2.45, 2.75) is 33.1 Å². The molecule has 0 N–H and O–H groups in total. The second-order valence-corrected chi connectivity index (χ2v) is 6.31. The molecule has 3 heteroatoms. The Morgan fingerprint density at radius 2 is 2.31 bits per heavy atom. The van der Waals surface area contributed by atoms with Gasteiger partial charge in [0.1, 0.15) is 0 Å². The van der Waals surface area contributed by atoms with Crippen molar-refractivity contribution >= 4 is 7.37 Å². The summed E-state index contributed by atoms with van der Waals surface area (Å²) in [6.45, 7) is 4.85. The minimum absolute atomic E-state index is 0.658. The topological polar surface area (TPSA) is 26.3 Å². The second-order valence-electron chi connectivity index (χ2n) is 3.75. The highest BCUT2D eigenvalue weighted by Crippen LogP contribution is 2.52. The van der Waals surface area contributed by atoms with Gasteiger partial charge in [0, 0.05) is 12.3 Å². The summed E-state index contributed by atoms with van der Waals surface area (Å²) >= 11 is 0. The molecule has 0 spiro atoms. The standard InChI is InChI=1S/C10H19O2P/c1-3-4-5-7-12-13(11)8-6-10(2)9-13/h6H,3-5,7-9H2,1-2H3. The molecule has 0 saturated carbocycles. The number of allylic oxidation sites excluding steroid dienone is 2. The fourth-order valence-corrected chi connectivity index (χ4v) is 3.75. The van der Waals surface area contributed by atoms with Gasteiger partial charge in [0.05, 0.1) is 6.61 Å². The van der Waals surface area contributed by atoms with Crippen LogP contribution < -0.4 is 0 Å². The highest BCUT2D eigenvalue weighted by molar-refractivity contribution is 7.59. The van der Waals surface area contributed by atoms with E-state index >= 15 is 0 Å². The molecule has 76 valence electrons. The zero-order valence-corrected chi connectivity index (χ0v) is 9.48. The lowest BCUT2D eigenvalue weighted by atomic mass is 10.3. The average Bonchev–Trinajstić information content (AvgIpc) is 2.41. The van der Waals surface area contributed by atoms with Crippen LogP contribution in [-0.4, -0.2) is 18.9 Å². The zero-order valence-electron chi connectivity index (χ0n) is 8.58. The summed E-state index contributed by atoms with van der Waals surface area (Å²) in [6.07, 6.45) is 6.78. The van der Waals surface area contributed by atoms with Crippen LogP contribution in [0.25, 0.3) is 0 Å². The van der Waals surface area contributed by atoms with Gasteiger partial charge in [0.2, 0.25) is 7.37 Å². The van der Waals surface area contributed by atoms with Crippen LogP contribution in [0.2, 0.25) is 0 Å². The molecule has 0 aromatic carbocycles. The molecule has 0 aromatic heterocycles. The van der Waals surface area contributed by atoms with Crippen LogP contribution in [0.15, 0.2) is 11.6 Å². The SMILES string of the molecule is CCCCCOP1(=O)CC=C(C)C1. The molecule has 2 nitrogen and oxygen atoms in total. The van der Waals surface area contributed by atoms with Crippen LogP contribution in [-0.2, 0) is 9.09 Å². The molecule has 0 bridgehead atoms. The largest absolute Gasteiger partial charge is 0.328 e. The maximum Gasteiger partial charge on any atom is 0.210 e. The van der Waals surface area contributed by atoms with Crippen molar-refractivity contribution in [3.8, 4) is 0 Å². The van der Waals surface area contributed by atoms with E-state index in [1.54, 1.807) is 0 Å². The maximum atomic E-state index is 11.9. The van der Waals surface area contributed by atoms with Crippen molar-refractivity contribution in [1.29, 1.82) is 0 Å². The summed E-state index contributed by atoms with van der Waals surface area (Å²) in [7, 11) is -2.26. The number of hydrogen-bond donors (Lipinski definition) is 0. The normalized spacial score (nSPS) is 27.7. The van der Waals surface area contributed by atoms with Crippen LogP contribution in [0, 0.1) is 0 Å². The first kappa shape index (κ1) is 11.0. The van der Waals surface area contributed by atoms with Crippen LogP contribution in [0.1, 0.15) is 33.1 Å². The predicted octanol–water partition coefficient (Wildman–Crippen LogP) is 3.43. The van der Waals surface area contributed by atoms with Gasteiger partial charge in [0.25, 0.3) is 0 Å². The number of unbranched alkanes of at least 4 members (excludes halogenated alkanes) is 2. The van der Waals surface area contributed by atoms with E-state index in [2.05, 4.69) is 6.92 Å². The Kier molecular flexibility index (Phi) is 4.21. The third-order valence-corrected chi connectivity index (χ3v) is 4.66. The number of rotatable bonds is 5. The third kappa shape index (κ3) is 3.66. The molecule has 0 saturated heterocycles. The lowest BCUT2D eigenvalue weighted by molar-refractivity contribution is 0.307. The second kappa shape index (κ2) is 4.97. The van der Waals surface area contributed by atoms with E-state index in [1.165, 1.54) is 18.4 Å². The Labute approximate surface area is 80.8 Å². The molecule has 0 radical (unpaired) electrons. The highest BCUT2D eigenvalue weighted by atomic mass is 31.2. The predicted molar refractivity (Wildman–Crippen MR) is 56.6 cm³/mol. The minimum Gasteiger partial charge on any atom is -0.328 e. The summed E-state index contributed by atoms with van der Waals surface area (Å²) in [5.74, 6) is 0. The molecular weight excluding hydrogens is 183 g/mol. The lowest BCUT2D eigenvalue weighted by Gasteiger charge is -2.12. The Balaban J connectivity index is 2.19. The van der Waals surface area contributed by atoms with Gasteiger partial charge in [-0.15, -0.1) is 0 Å². The fourth-order valence-electron chi connectivity index (χ4n) is 1.49. The molecule has 1 aliphatic heterocycles. The van der Waals surface area contributed by atoms with E-state index in [-0.39, 0.29) is 0 Å². The summed E-state index contributed by atoms with van der Waals surface area (Å²) in [5, 5.41) is 0. The van der Waals surface area contributed by atoms with E-state index in [0.717, 1.165) is 6.42 Å². The molecule has 1 rings (SSSR count). The molecule has 0 amide bonds. The first-order valence-corrected chi connectivity index (χ1v) is 7.04. The van der Waals surface area contributed by atoms with Gasteiger partial charge in [-0.3, -0.25) is 4.57 Å². The average molecular weight is 202 g/mol. The van der Waals surface area contributed by atoms with Crippen molar-refractivity contribution in [2.75, 3.05) is 18.9 Å². The van der Waals surface area contributed by atoms with Crippen LogP contribution in [0.5, 0.6) is 0 Å². The smallest absolute Gasteiger partial charge is 0.210 e. The molecular formula is C10H19O2P. The molecule has 0 aromatic rings. The summed E-state index contributed by atoms with van der Waals surface area (Å²) in [4.78, 5) is 0. The maximum absolute atomic E-state index is 11.9. The van der Waals surface area contributed by atoms with Gasteiger partial charge in [-0.25, -0.2) is 0 Å². The Hall–Kier alpha value is -0.0700. The van der Waals surface area contributed by atoms with Gasteiger partial charge in [-0.2, -0.15) is 0 Å². The van der Waals surface area contributed by atoms with Crippen LogP contribution >= 0.6 is 7.37 Å². The van der Waals surface area contributed by atoms with Gasteiger partial charge in [-0.05, 0) is 13.3 Å². The van der Waals surface area contributed by atoms with E-state index in [4.69, 9.17) is 4.52 Å². The Bertz CT molecular complexity index is 233. The highest BCUT2D eigenvalue weighted by Gasteiger charge is 2.26. The van der Waals surface area contributed by atoms with Gasteiger partial charge in [-0.1, -0.05) is 31.4 Å². The van der Waals surface area contributed by atoms with Crippen molar-refractivity contribution in [2.24, 2.45) is 0 Å². The lowest BCUT2D eigenvalue weighted by Crippen LogP contribution is -1.96. The molecule has 13 heavy (non-hydrogen) atoms. The minimum atomic E-state index is -2.26. The fraction of sp³-hybridized carbons (Fsp3) is 0.800. The van der Waals surface area contributed by atoms with Crippen molar-refractivity contribution in [1.82, 2.24) is 0 Å². The first-order valence-electron chi connectivity index (χ1n) is 5.04. The van der Waals surface area contributed by atoms with Crippen LogP contribution in [0.3, 0.4) is 0 Å². The molecule has 1 atom stereocenters. The molecule has 0 fully saturated rings. The summed E-state index contributed by atoms with van der Waals surface area (Å²) < 4.78 is 17.4. The monoisotopic (exact) mass is 202 g/mol. The van der Waals surface area contributed by atoms with Crippen molar-refractivity contribution < 1.29 is 9.09 Å². The summed E-state index contributed by atoms with van der Waals surface area (Å²) in [6, 6.07) is 0. The van der Waals surface area contributed by atoms with Gasteiger partial charge >= 0.3 is 0 Å². The third-order valence-electron chi connectivity index (χ3n) is 2.28. The summed E-state index contributed by atoms with van der Waals surface area (Å²) in [5.41, 5.74) is 1.22.